The molecule has 2 heterocycles. The second kappa shape index (κ2) is 7.20. The molecule has 0 fully saturated rings. The molecule has 0 saturated carbocycles. The van der Waals surface area contributed by atoms with E-state index in [1.807, 2.05) is 5.38 Å². The van der Waals surface area contributed by atoms with E-state index in [1.165, 1.54) is 44.7 Å². The summed E-state index contributed by atoms with van der Waals surface area (Å²) in [6.07, 6.45) is 0. The van der Waals surface area contributed by atoms with Gasteiger partial charge in [-0.3, -0.25) is 14.2 Å². The Kier molecular flexibility index (Phi) is 5.15. The number of halogens is 1. The summed E-state index contributed by atoms with van der Waals surface area (Å²) in [5.41, 5.74) is 1.34. The highest BCUT2D eigenvalue weighted by Gasteiger charge is 2.21. The number of aromatic nitrogens is 2. The van der Waals surface area contributed by atoms with Gasteiger partial charge in [0.25, 0.3) is 5.56 Å². The smallest absolute Gasteiger partial charge is 0.263 e. The van der Waals surface area contributed by atoms with Crippen LogP contribution in [0.3, 0.4) is 0 Å². The number of hydrogen-bond donors (Lipinski definition) is 0. The van der Waals surface area contributed by atoms with Gasteiger partial charge in [-0.25, -0.2) is 9.37 Å². The molecule has 0 N–H and O–H groups in total. The normalized spacial score (nSPS) is 12.3. The maximum atomic E-state index is 13.2. The van der Waals surface area contributed by atoms with Gasteiger partial charge in [0.1, 0.15) is 10.6 Å². The van der Waals surface area contributed by atoms with Gasteiger partial charge < -0.3 is 4.90 Å². The Bertz CT molecular complexity index is 1030. The molecule has 0 bridgehead atoms. The number of thiophene rings is 1. The van der Waals surface area contributed by atoms with E-state index in [0.29, 0.717) is 15.4 Å². The lowest BCUT2D eigenvalue weighted by Crippen LogP contribution is -2.30. The van der Waals surface area contributed by atoms with E-state index in [-0.39, 0.29) is 22.5 Å². The van der Waals surface area contributed by atoms with Gasteiger partial charge in [0, 0.05) is 32.1 Å². The van der Waals surface area contributed by atoms with E-state index in [4.69, 9.17) is 0 Å². The molecule has 1 amide bonds. The average Bonchev–Trinajstić information content (AvgIpc) is 3.03. The second-order valence-electron chi connectivity index (χ2n) is 6.09. The zero-order valence-corrected chi connectivity index (χ0v) is 16.4. The molecule has 8 heteroatoms. The van der Waals surface area contributed by atoms with Crippen LogP contribution in [0.5, 0.6) is 0 Å². The highest BCUT2D eigenvalue weighted by Crippen LogP contribution is 2.32. The largest absolute Gasteiger partial charge is 0.348 e. The molecule has 0 aliphatic rings. The topological polar surface area (TPSA) is 55.2 Å². The van der Waals surface area contributed by atoms with Gasteiger partial charge in [0.2, 0.25) is 5.91 Å². The summed E-state index contributed by atoms with van der Waals surface area (Å²) < 4.78 is 14.6. The van der Waals surface area contributed by atoms with Crippen molar-refractivity contribution in [2.45, 2.75) is 17.3 Å². The van der Waals surface area contributed by atoms with Crippen LogP contribution in [0.4, 0.5) is 4.39 Å². The van der Waals surface area contributed by atoms with Gasteiger partial charge in [-0.15, -0.1) is 11.3 Å². The molecular weight excluding hydrogens is 373 g/mol. The number of hydrogen-bond acceptors (Lipinski definition) is 5. The van der Waals surface area contributed by atoms with Crippen LogP contribution in [0, 0.1) is 5.82 Å². The Hall–Kier alpha value is -2.19. The van der Waals surface area contributed by atoms with Crippen molar-refractivity contribution < 1.29 is 9.18 Å². The number of rotatable bonds is 4. The first kappa shape index (κ1) is 18.6. The van der Waals surface area contributed by atoms with Crippen molar-refractivity contribution in [3.05, 3.63) is 45.8 Å². The summed E-state index contributed by atoms with van der Waals surface area (Å²) in [5, 5.41) is 2.52. The Balaban J connectivity index is 2.06. The summed E-state index contributed by atoms with van der Waals surface area (Å²) in [7, 11) is 5.04. The standard InChI is InChI=1S/C18H18FN3O2S2/c1-10(16(23)21(2)3)26-18-20-15-14(17(24)22(18)4)13(9-25-15)11-5-7-12(19)8-6-11/h5-10H,1-4H3/t10-/m0/s1. The van der Waals surface area contributed by atoms with Crippen LogP contribution in [0.25, 0.3) is 21.3 Å². The van der Waals surface area contributed by atoms with E-state index < -0.39 is 0 Å². The van der Waals surface area contributed by atoms with Crippen molar-refractivity contribution in [1.82, 2.24) is 14.5 Å². The fraction of sp³-hybridized carbons (Fsp3) is 0.278. The summed E-state index contributed by atoms with van der Waals surface area (Å²) in [6, 6.07) is 6.04. The van der Waals surface area contributed by atoms with Crippen molar-refractivity contribution in [2.75, 3.05) is 14.1 Å². The molecule has 0 saturated heterocycles. The molecule has 136 valence electrons. The first-order valence-electron chi connectivity index (χ1n) is 7.91. The highest BCUT2D eigenvalue weighted by molar-refractivity contribution is 8.00. The maximum absolute atomic E-state index is 13.2. The fourth-order valence-corrected chi connectivity index (χ4v) is 4.58. The third-order valence-electron chi connectivity index (χ3n) is 4.00. The maximum Gasteiger partial charge on any atom is 0.263 e. The Morgan fingerprint density at radius 2 is 1.96 bits per heavy atom. The number of nitrogens with zero attached hydrogens (tertiary/aromatic N) is 3. The van der Waals surface area contributed by atoms with Crippen molar-refractivity contribution in [2.24, 2.45) is 7.05 Å². The Morgan fingerprint density at radius 3 is 2.58 bits per heavy atom. The molecule has 3 rings (SSSR count). The van der Waals surface area contributed by atoms with Crippen LogP contribution in [-0.2, 0) is 11.8 Å². The minimum atomic E-state index is -0.350. The molecule has 3 aromatic rings. The predicted octanol–water partition coefficient (Wildman–Crippen LogP) is 3.37. The number of fused-ring (bicyclic) bond motifs is 1. The van der Waals surface area contributed by atoms with Crippen LogP contribution in [0.15, 0.2) is 39.6 Å². The Labute approximate surface area is 158 Å². The quantitative estimate of drug-likeness (QED) is 0.505. The van der Waals surface area contributed by atoms with Gasteiger partial charge in [-0.05, 0) is 24.6 Å². The third-order valence-corrected chi connectivity index (χ3v) is 6.00. The highest BCUT2D eigenvalue weighted by atomic mass is 32.2. The van der Waals surface area contributed by atoms with Crippen molar-refractivity contribution in [1.29, 1.82) is 0 Å². The fourth-order valence-electron chi connectivity index (χ4n) is 2.57. The molecule has 0 spiro atoms. The van der Waals surface area contributed by atoms with Crippen molar-refractivity contribution >= 4 is 39.2 Å². The van der Waals surface area contributed by atoms with E-state index in [2.05, 4.69) is 4.98 Å². The third kappa shape index (κ3) is 3.39. The molecule has 2 aromatic heterocycles. The summed E-state index contributed by atoms with van der Waals surface area (Å²) >= 11 is 2.63. The van der Waals surface area contributed by atoms with Crippen LogP contribution in [-0.4, -0.2) is 39.7 Å². The van der Waals surface area contributed by atoms with E-state index in [0.717, 1.165) is 11.1 Å². The summed E-state index contributed by atoms with van der Waals surface area (Å²) in [6.45, 7) is 1.79. The van der Waals surface area contributed by atoms with E-state index in [9.17, 15) is 14.0 Å². The van der Waals surface area contributed by atoms with Gasteiger partial charge >= 0.3 is 0 Å². The van der Waals surface area contributed by atoms with Gasteiger partial charge in [-0.2, -0.15) is 0 Å². The van der Waals surface area contributed by atoms with Crippen LogP contribution in [0.2, 0.25) is 0 Å². The zero-order valence-electron chi connectivity index (χ0n) is 14.8. The molecule has 1 atom stereocenters. The minimum Gasteiger partial charge on any atom is -0.348 e. The number of thioether (sulfide) groups is 1. The lowest BCUT2D eigenvalue weighted by Gasteiger charge is -2.17. The zero-order chi connectivity index (χ0) is 19.0. The molecule has 26 heavy (non-hydrogen) atoms. The van der Waals surface area contributed by atoms with E-state index in [1.54, 1.807) is 40.2 Å². The van der Waals surface area contributed by atoms with Crippen molar-refractivity contribution in [3.63, 3.8) is 0 Å². The molecule has 5 nitrogen and oxygen atoms in total. The van der Waals surface area contributed by atoms with Crippen LogP contribution >= 0.6 is 23.1 Å². The summed E-state index contributed by atoms with van der Waals surface area (Å²) in [5.74, 6) is -0.361. The molecule has 0 radical (unpaired) electrons. The lowest BCUT2D eigenvalue weighted by molar-refractivity contribution is -0.127. The van der Waals surface area contributed by atoms with Crippen LogP contribution in [0.1, 0.15) is 6.92 Å². The number of amides is 1. The van der Waals surface area contributed by atoms with Gasteiger partial charge in [0.05, 0.1) is 10.6 Å². The SMILES string of the molecule is C[C@H](Sc1nc2scc(-c3ccc(F)cc3)c2c(=O)n1C)C(=O)N(C)C. The second-order valence-corrected chi connectivity index (χ2v) is 8.25. The molecule has 0 aliphatic carbocycles. The van der Waals surface area contributed by atoms with Crippen LogP contribution < -0.4 is 5.56 Å². The molecular formula is C18H18FN3O2S2. The van der Waals surface area contributed by atoms with E-state index >= 15 is 0 Å². The summed E-state index contributed by atoms with van der Waals surface area (Å²) in [4.78, 5) is 31.7. The molecule has 0 unspecified atom stereocenters. The first-order chi connectivity index (χ1) is 12.3. The lowest BCUT2D eigenvalue weighted by atomic mass is 10.1. The molecule has 1 aromatic carbocycles. The Morgan fingerprint density at radius 1 is 1.31 bits per heavy atom. The minimum absolute atomic E-state index is 0.0393. The number of carbonyl (C=O) groups excluding carboxylic acids is 1. The number of carbonyl (C=O) groups is 1. The monoisotopic (exact) mass is 391 g/mol. The number of benzene rings is 1. The predicted molar refractivity (Wildman–Crippen MR) is 104 cm³/mol. The average molecular weight is 391 g/mol. The molecule has 0 aliphatic heterocycles. The van der Waals surface area contributed by atoms with Crippen molar-refractivity contribution in [3.8, 4) is 11.1 Å². The van der Waals surface area contributed by atoms with Gasteiger partial charge in [0.15, 0.2) is 5.16 Å². The van der Waals surface area contributed by atoms with Gasteiger partial charge in [-0.1, -0.05) is 23.9 Å². The first-order valence-corrected chi connectivity index (χ1v) is 9.67.